The Bertz CT molecular complexity index is 475. The van der Waals surface area contributed by atoms with Gasteiger partial charge in [-0.3, -0.25) is 9.69 Å². The van der Waals surface area contributed by atoms with E-state index in [2.05, 4.69) is 5.32 Å². The zero-order chi connectivity index (χ0) is 13.8. The summed E-state index contributed by atoms with van der Waals surface area (Å²) in [4.78, 5) is 25.3. The molecule has 1 unspecified atom stereocenters. The van der Waals surface area contributed by atoms with Gasteiger partial charge in [0.05, 0.1) is 6.61 Å². The first-order chi connectivity index (χ1) is 9.13. The molecule has 1 aliphatic heterocycles. The van der Waals surface area contributed by atoms with Crippen LogP contribution in [0.1, 0.15) is 18.5 Å². The molecule has 1 aromatic rings. The van der Waals surface area contributed by atoms with Gasteiger partial charge < -0.3 is 10.1 Å². The molecule has 6 heteroatoms. The monoisotopic (exact) mass is 282 g/mol. The summed E-state index contributed by atoms with van der Waals surface area (Å²) in [6, 6.07) is 6.21. The molecule has 1 fully saturated rings. The van der Waals surface area contributed by atoms with E-state index >= 15 is 0 Å². The molecule has 0 radical (unpaired) electrons. The third-order valence-electron chi connectivity index (χ3n) is 2.90. The highest BCUT2D eigenvalue weighted by Gasteiger charge is 2.35. The number of rotatable bonds is 2. The van der Waals surface area contributed by atoms with E-state index < -0.39 is 12.1 Å². The number of hydrogen-bond acceptors (Lipinski definition) is 3. The fourth-order valence-corrected chi connectivity index (χ4v) is 2.17. The van der Waals surface area contributed by atoms with Crippen molar-refractivity contribution < 1.29 is 14.3 Å². The van der Waals surface area contributed by atoms with E-state index in [0.717, 1.165) is 5.56 Å². The second-order valence-corrected chi connectivity index (χ2v) is 4.57. The summed E-state index contributed by atoms with van der Waals surface area (Å²) >= 11 is 5.83. The summed E-state index contributed by atoms with van der Waals surface area (Å²) in [5.41, 5.74) is 0.717. The van der Waals surface area contributed by atoms with Crippen molar-refractivity contribution in [2.75, 3.05) is 19.7 Å². The minimum Gasteiger partial charge on any atom is -0.450 e. The van der Waals surface area contributed by atoms with Crippen LogP contribution in [0.2, 0.25) is 5.02 Å². The Kier molecular flexibility index (Phi) is 4.27. The molecule has 1 aliphatic rings. The van der Waals surface area contributed by atoms with Crippen LogP contribution in [0.3, 0.4) is 0 Å². The van der Waals surface area contributed by atoms with Crippen LogP contribution in [-0.4, -0.2) is 36.6 Å². The highest BCUT2D eigenvalue weighted by Crippen LogP contribution is 2.25. The Morgan fingerprint density at radius 2 is 2.16 bits per heavy atom. The van der Waals surface area contributed by atoms with Gasteiger partial charge in [0.1, 0.15) is 6.04 Å². The molecule has 0 saturated carbocycles. The molecular weight excluding hydrogens is 268 g/mol. The quantitative estimate of drug-likeness (QED) is 0.902. The number of halogens is 1. The van der Waals surface area contributed by atoms with Crippen molar-refractivity contribution in [3.8, 4) is 0 Å². The van der Waals surface area contributed by atoms with Crippen molar-refractivity contribution in [2.24, 2.45) is 0 Å². The number of ether oxygens (including phenoxy) is 1. The average Bonchev–Trinajstić information content (AvgIpc) is 2.40. The summed E-state index contributed by atoms with van der Waals surface area (Å²) < 4.78 is 4.99. The molecule has 0 aromatic heterocycles. The molecule has 0 aliphatic carbocycles. The first kappa shape index (κ1) is 13.7. The lowest BCUT2D eigenvalue weighted by atomic mass is 10.0. The smallest absolute Gasteiger partial charge is 0.410 e. The van der Waals surface area contributed by atoms with Crippen LogP contribution in [0, 0.1) is 0 Å². The van der Waals surface area contributed by atoms with E-state index in [1.54, 1.807) is 31.2 Å². The van der Waals surface area contributed by atoms with Gasteiger partial charge in [0.25, 0.3) is 0 Å². The van der Waals surface area contributed by atoms with Crippen LogP contribution in [0.4, 0.5) is 4.79 Å². The zero-order valence-electron chi connectivity index (χ0n) is 10.6. The van der Waals surface area contributed by atoms with Gasteiger partial charge >= 0.3 is 6.09 Å². The summed E-state index contributed by atoms with van der Waals surface area (Å²) in [6.45, 7) is 2.88. The zero-order valence-corrected chi connectivity index (χ0v) is 11.3. The first-order valence-electron chi connectivity index (χ1n) is 6.10. The van der Waals surface area contributed by atoms with Gasteiger partial charge in [-0.05, 0) is 24.6 Å². The molecule has 19 heavy (non-hydrogen) atoms. The lowest BCUT2D eigenvalue weighted by Gasteiger charge is -2.34. The summed E-state index contributed by atoms with van der Waals surface area (Å²) in [5, 5.41) is 3.34. The maximum atomic E-state index is 12.0. The van der Waals surface area contributed by atoms with Crippen molar-refractivity contribution in [2.45, 2.75) is 13.0 Å². The molecule has 1 saturated heterocycles. The van der Waals surface area contributed by atoms with Gasteiger partial charge in [0.2, 0.25) is 5.91 Å². The first-order valence-corrected chi connectivity index (χ1v) is 6.48. The van der Waals surface area contributed by atoms with Gasteiger partial charge in [0.15, 0.2) is 0 Å². The molecular formula is C13H15ClN2O3. The maximum absolute atomic E-state index is 12.0. The molecule has 1 heterocycles. The Balaban J connectivity index is 2.28. The molecule has 2 amide bonds. The number of amides is 2. The number of hydrogen-bond donors (Lipinski definition) is 1. The Labute approximate surface area is 116 Å². The van der Waals surface area contributed by atoms with E-state index in [9.17, 15) is 9.59 Å². The third kappa shape index (κ3) is 2.98. The van der Waals surface area contributed by atoms with Crippen LogP contribution in [0.25, 0.3) is 0 Å². The molecule has 1 atom stereocenters. The molecule has 0 bridgehead atoms. The normalized spacial score (nSPS) is 18.9. The lowest BCUT2D eigenvalue weighted by Crippen LogP contribution is -2.52. The molecule has 5 nitrogen and oxygen atoms in total. The third-order valence-corrected chi connectivity index (χ3v) is 3.15. The summed E-state index contributed by atoms with van der Waals surface area (Å²) in [5.74, 6) is -0.207. The maximum Gasteiger partial charge on any atom is 0.410 e. The average molecular weight is 283 g/mol. The minimum atomic E-state index is -0.662. The molecule has 2 rings (SSSR count). The van der Waals surface area contributed by atoms with Crippen LogP contribution in [0.15, 0.2) is 24.3 Å². The number of nitrogens with one attached hydrogen (secondary N) is 1. The van der Waals surface area contributed by atoms with Crippen LogP contribution in [-0.2, 0) is 9.53 Å². The second kappa shape index (κ2) is 5.93. The molecule has 1 aromatic carbocycles. The SMILES string of the molecule is CCOC(=O)N1CCNC(=O)C1c1ccc(Cl)cc1. The van der Waals surface area contributed by atoms with Crippen molar-refractivity contribution in [1.29, 1.82) is 0 Å². The van der Waals surface area contributed by atoms with Gasteiger partial charge in [-0.25, -0.2) is 4.79 Å². The fourth-order valence-electron chi connectivity index (χ4n) is 2.05. The van der Waals surface area contributed by atoms with Crippen molar-refractivity contribution >= 4 is 23.6 Å². The van der Waals surface area contributed by atoms with E-state index in [0.29, 0.717) is 18.1 Å². The number of benzene rings is 1. The topological polar surface area (TPSA) is 58.6 Å². The Hall–Kier alpha value is -1.75. The van der Waals surface area contributed by atoms with Crippen LogP contribution < -0.4 is 5.32 Å². The van der Waals surface area contributed by atoms with Gasteiger partial charge in [0, 0.05) is 18.1 Å². The predicted molar refractivity (Wildman–Crippen MR) is 70.9 cm³/mol. The van der Waals surface area contributed by atoms with E-state index in [4.69, 9.17) is 16.3 Å². The second-order valence-electron chi connectivity index (χ2n) is 4.14. The van der Waals surface area contributed by atoms with Crippen molar-refractivity contribution in [3.63, 3.8) is 0 Å². The van der Waals surface area contributed by atoms with Crippen LogP contribution >= 0.6 is 11.6 Å². The van der Waals surface area contributed by atoms with Crippen LogP contribution in [0.5, 0.6) is 0 Å². The molecule has 0 spiro atoms. The molecule has 102 valence electrons. The van der Waals surface area contributed by atoms with Crippen molar-refractivity contribution in [3.05, 3.63) is 34.9 Å². The number of piperazine rings is 1. The molecule has 1 N–H and O–H groups in total. The van der Waals surface area contributed by atoms with Gasteiger partial charge in [-0.15, -0.1) is 0 Å². The number of carbonyl (C=O) groups is 2. The summed E-state index contributed by atoms with van der Waals surface area (Å²) in [7, 11) is 0. The Morgan fingerprint density at radius 3 is 2.79 bits per heavy atom. The van der Waals surface area contributed by atoms with E-state index in [-0.39, 0.29) is 12.5 Å². The van der Waals surface area contributed by atoms with E-state index in [1.165, 1.54) is 4.90 Å². The number of nitrogens with zero attached hydrogens (tertiary/aromatic N) is 1. The highest BCUT2D eigenvalue weighted by atomic mass is 35.5. The highest BCUT2D eigenvalue weighted by molar-refractivity contribution is 6.30. The minimum absolute atomic E-state index is 0.207. The van der Waals surface area contributed by atoms with Gasteiger partial charge in [-0.1, -0.05) is 23.7 Å². The predicted octanol–water partition coefficient (Wildman–Crippen LogP) is 1.97. The van der Waals surface area contributed by atoms with Crippen molar-refractivity contribution in [1.82, 2.24) is 10.2 Å². The largest absolute Gasteiger partial charge is 0.450 e. The number of carbonyl (C=O) groups excluding carboxylic acids is 2. The lowest BCUT2D eigenvalue weighted by molar-refractivity contribution is -0.128. The fraction of sp³-hybridized carbons (Fsp3) is 0.385. The van der Waals surface area contributed by atoms with E-state index in [1.807, 2.05) is 0 Å². The Morgan fingerprint density at radius 1 is 1.47 bits per heavy atom. The standard InChI is InChI=1S/C13H15ClN2O3/c1-2-19-13(18)16-8-7-15-12(17)11(16)9-3-5-10(14)6-4-9/h3-6,11H,2,7-8H2,1H3,(H,15,17). The summed E-state index contributed by atoms with van der Waals surface area (Å²) in [6.07, 6.45) is -0.475. The van der Waals surface area contributed by atoms with Gasteiger partial charge in [-0.2, -0.15) is 0 Å².